The van der Waals surface area contributed by atoms with Crippen molar-refractivity contribution in [3.05, 3.63) is 29.3 Å². The Morgan fingerprint density at radius 1 is 1.35 bits per heavy atom. The van der Waals surface area contributed by atoms with Gasteiger partial charge in [0.1, 0.15) is 11.6 Å². The normalized spacial score (nSPS) is 16.3. The maximum atomic E-state index is 14.0. The first-order chi connectivity index (χ1) is 9.56. The number of nitrogens with zero attached hydrogens (tertiary/aromatic N) is 1. The maximum absolute atomic E-state index is 14.0. The van der Waals surface area contributed by atoms with Crippen LogP contribution in [0.15, 0.2) is 12.1 Å². The third-order valence-electron chi connectivity index (χ3n) is 3.66. The Balaban J connectivity index is 2.21. The van der Waals surface area contributed by atoms with E-state index in [0.717, 1.165) is 32.1 Å². The highest BCUT2D eigenvalue weighted by atomic mass is 19.1. The molecule has 0 radical (unpaired) electrons. The van der Waals surface area contributed by atoms with Crippen LogP contribution in [0.2, 0.25) is 0 Å². The topological polar surface area (TPSA) is 49.8 Å². The van der Waals surface area contributed by atoms with Crippen molar-refractivity contribution in [3.63, 3.8) is 0 Å². The van der Waals surface area contributed by atoms with Gasteiger partial charge in [0.05, 0.1) is 18.4 Å². The van der Waals surface area contributed by atoms with Gasteiger partial charge in [-0.1, -0.05) is 0 Å². The number of methoxy groups -OCH3 is 1. The monoisotopic (exact) mass is 285 g/mol. The summed E-state index contributed by atoms with van der Waals surface area (Å²) in [5, 5.41) is 9.07. The van der Waals surface area contributed by atoms with E-state index in [1.54, 1.807) is 4.90 Å². The first-order valence-electron chi connectivity index (χ1n) is 6.50. The van der Waals surface area contributed by atoms with E-state index in [1.165, 1.54) is 0 Å². The lowest BCUT2D eigenvalue weighted by atomic mass is 9.97. The van der Waals surface area contributed by atoms with Crippen LogP contribution in [0.25, 0.3) is 0 Å². The second-order valence-electron chi connectivity index (χ2n) is 4.89. The Labute approximate surface area is 116 Å². The Morgan fingerprint density at radius 2 is 2.00 bits per heavy atom. The SMILES string of the molecule is COC(=O)c1cc(F)c(N2CCC(CO)CC2)cc1F. The van der Waals surface area contributed by atoms with Crippen molar-refractivity contribution in [2.45, 2.75) is 12.8 Å². The number of benzene rings is 1. The summed E-state index contributed by atoms with van der Waals surface area (Å²) in [5.41, 5.74) is -0.259. The fourth-order valence-electron chi connectivity index (χ4n) is 2.40. The van der Waals surface area contributed by atoms with Gasteiger partial charge in [-0.15, -0.1) is 0 Å². The van der Waals surface area contributed by atoms with Crippen molar-refractivity contribution in [1.29, 1.82) is 0 Å². The predicted octanol–water partition coefficient (Wildman–Crippen LogP) is 1.96. The fourth-order valence-corrected chi connectivity index (χ4v) is 2.40. The van der Waals surface area contributed by atoms with Crippen molar-refractivity contribution in [2.75, 3.05) is 31.7 Å². The summed E-state index contributed by atoms with van der Waals surface area (Å²) >= 11 is 0. The van der Waals surface area contributed by atoms with Crippen molar-refractivity contribution >= 4 is 11.7 Å². The van der Waals surface area contributed by atoms with Gasteiger partial charge in [0.2, 0.25) is 0 Å². The smallest absolute Gasteiger partial charge is 0.340 e. The minimum atomic E-state index is -0.896. The number of carbonyl (C=O) groups excluding carboxylic acids is 1. The molecule has 0 saturated carbocycles. The number of esters is 1. The molecule has 0 unspecified atom stereocenters. The second kappa shape index (κ2) is 6.17. The molecule has 1 fully saturated rings. The number of hydrogen-bond donors (Lipinski definition) is 1. The Hall–Kier alpha value is -1.69. The summed E-state index contributed by atoms with van der Waals surface area (Å²) in [6.07, 6.45) is 1.46. The quantitative estimate of drug-likeness (QED) is 0.863. The minimum Gasteiger partial charge on any atom is -0.465 e. The molecule has 0 spiro atoms. The summed E-state index contributed by atoms with van der Waals surface area (Å²) in [5.74, 6) is -2.12. The lowest BCUT2D eigenvalue weighted by molar-refractivity contribution is 0.0595. The molecule has 1 saturated heterocycles. The van der Waals surface area contributed by atoms with E-state index in [9.17, 15) is 13.6 Å². The van der Waals surface area contributed by atoms with E-state index in [2.05, 4.69) is 4.74 Å². The van der Waals surface area contributed by atoms with E-state index in [-0.39, 0.29) is 18.2 Å². The van der Waals surface area contributed by atoms with Crippen LogP contribution in [0.3, 0.4) is 0 Å². The molecule has 6 heteroatoms. The largest absolute Gasteiger partial charge is 0.465 e. The van der Waals surface area contributed by atoms with Crippen LogP contribution in [-0.2, 0) is 4.74 Å². The summed E-state index contributed by atoms with van der Waals surface area (Å²) in [7, 11) is 1.12. The molecule has 110 valence electrons. The number of carbonyl (C=O) groups is 1. The molecule has 2 rings (SSSR count). The molecule has 1 aliphatic rings. The number of aliphatic hydroxyl groups excluding tert-OH is 1. The van der Waals surface area contributed by atoms with E-state index in [0.29, 0.717) is 13.1 Å². The molecular formula is C14H17F2NO3. The zero-order chi connectivity index (χ0) is 14.7. The molecule has 1 aromatic rings. The molecule has 1 N–H and O–H groups in total. The first kappa shape index (κ1) is 14.7. The number of rotatable bonds is 3. The number of aliphatic hydroxyl groups is 1. The highest BCUT2D eigenvalue weighted by molar-refractivity contribution is 5.90. The maximum Gasteiger partial charge on any atom is 0.340 e. The molecule has 4 nitrogen and oxygen atoms in total. The highest BCUT2D eigenvalue weighted by Gasteiger charge is 2.23. The lowest BCUT2D eigenvalue weighted by Gasteiger charge is -2.33. The van der Waals surface area contributed by atoms with Gasteiger partial charge < -0.3 is 14.7 Å². The summed E-state index contributed by atoms with van der Waals surface area (Å²) < 4.78 is 32.3. The van der Waals surface area contributed by atoms with E-state index >= 15 is 0 Å². The standard InChI is InChI=1S/C14H17F2NO3/c1-20-14(19)10-6-12(16)13(7-11(10)15)17-4-2-9(8-18)3-5-17/h6-7,9,18H,2-5,8H2,1H3. The van der Waals surface area contributed by atoms with Crippen LogP contribution in [0.1, 0.15) is 23.2 Å². The summed E-state index contributed by atoms with van der Waals surface area (Å²) in [4.78, 5) is 13.0. The molecule has 1 aromatic carbocycles. The number of hydrogen-bond acceptors (Lipinski definition) is 4. The number of anilines is 1. The molecule has 0 atom stereocenters. The van der Waals surface area contributed by atoms with E-state index < -0.39 is 23.2 Å². The van der Waals surface area contributed by atoms with Gasteiger partial charge in [-0.3, -0.25) is 0 Å². The Kier molecular flexibility index (Phi) is 4.54. The van der Waals surface area contributed by atoms with Gasteiger partial charge in [-0.25, -0.2) is 13.6 Å². The Bertz CT molecular complexity index is 499. The lowest BCUT2D eigenvalue weighted by Crippen LogP contribution is -2.35. The molecule has 0 aromatic heterocycles. The van der Waals surface area contributed by atoms with Crippen molar-refractivity contribution in [2.24, 2.45) is 5.92 Å². The molecule has 0 amide bonds. The Morgan fingerprint density at radius 3 is 2.55 bits per heavy atom. The van der Waals surface area contributed by atoms with Crippen LogP contribution in [-0.4, -0.2) is 37.9 Å². The second-order valence-corrected chi connectivity index (χ2v) is 4.89. The van der Waals surface area contributed by atoms with Gasteiger partial charge in [0.15, 0.2) is 0 Å². The first-order valence-corrected chi connectivity index (χ1v) is 6.50. The number of piperidine rings is 1. The van der Waals surface area contributed by atoms with Gasteiger partial charge in [-0.2, -0.15) is 0 Å². The van der Waals surface area contributed by atoms with Crippen LogP contribution < -0.4 is 4.90 Å². The van der Waals surface area contributed by atoms with E-state index in [1.807, 2.05) is 0 Å². The fraction of sp³-hybridized carbons (Fsp3) is 0.500. The molecular weight excluding hydrogens is 268 g/mol. The van der Waals surface area contributed by atoms with Crippen molar-refractivity contribution < 1.29 is 23.4 Å². The average Bonchev–Trinajstić information content (AvgIpc) is 2.48. The molecule has 0 bridgehead atoms. The zero-order valence-corrected chi connectivity index (χ0v) is 11.2. The number of ether oxygens (including phenoxy) is 1. The highest BCUT2D eigenvalue weighted by Crippen LogP contribution is 2.28. The van der Waals surface area contributed by atoms with Crippen molar-refractivity contribution in [3.8, 4) is 0 Å². The predicted molar refractivity (Wildman–Crippen MR) is 69.7 cm³/mol. The van der Waals surface area contributed by atoms with Crippen LogP contribution in [0.5, 0.6) is 0 Å². The molecule has 1 heterocycles. The van der Waals surface area contributed by atoms with Crippen LogP contribution in [0, 0.1) is 17.6 Å². The minimum absolute atomic E-state index is 0.117. The van der Waals surface area contributed by atoms with Gasteiger partial charge in [0.25, 0.3) is 0 Å². The third-order valence-corrected chi connectivity index (χ3v) is 3.66. The van der Waals surface area contributed by atoms with Crippen LogP contribution in [0.4, 0.5) is 14.5 Å². The van der Waals surface area contributed by atoms with E-state index in [4.69, 9.17) is 5.11 Å². The van der Waals surface area contributed by atoms with Crippen molar-refractivity contribution in [1.82, 2.24) is 0 Å². The van der Waals surface area contributed by atoms with Gasteiger partial charge >= 0.3 is 5.97 Å². The number of halogens is 2. The third kappa shape index (κ3) is 2.90. The molecule has 20 heavy (non-hydrogen) atoms. The van der Waals surface area contributed by atoms with Gasteiger partial charge in [0, 0.05) is 25.8 Å². The van der Waals surface area contributed by atoms with Gasteiger partial charge in [-0.05, 0) is 24.8 Å². The molecule has 1 aliphatic heterocycles. The summed E-state index contributed by atoms with van der Waals surface area (Å²) in [6, 6.07) is 1.90. The molecule has 0 aliphatic carbocycles. The van der Waals surface area contributed by atoms with Crippen LogP contribution >= 0.6 is 0 Å². The summed E-state index contributed by atoms with van der Waals surface area (Å²) in [6.45, 7) is 1.23. The zero-order valence-electron chi connectivity index (χ0n) is 11.2. The average molecular weight is 285 g/mol.